The molecule has 0 radical (unpaired) electrons. The predicted molar refractivity (Wildman–Crippen MR) is 102 cm³/mol. The van der Waals surface area contributed by atoms with Crippen molar-refractivity contribution in [3.63, 3.8) is 0 Å². The van der Waals surface area contributed by atoms with Crippen LogP contribution in [-0.2, 0) is 11.2 Å². The smallest absolute Gasteiger partial charge is 0.282 e. The lowest BCUT2D eigenvalue weighted by molar-refractivity contribution is -0.886. The lowest BCUT2D eigenvalue weighted by Gasteiger charge is -2.27. The molecule has 3 nitrogen and oxygen atoms in total. The molecule has 0 saturated carbocycles. The number of nitrogens with one attached hydrogen (secondary N) is 1. The molecule has 3 heteroatoms. The van der Waals surface area contributed by atoms with Gasteiger partial charge in [-0.3, -0.25) is 4.79 Å². The fraction of sp³-hybridized carbons (Fsp3) is 0.318. The van der Waals surface area contributed by atoms with Crippen molar-refractivity contribution in [2.75, 3.05) is 24.5 Å². The van der Waals surface area contributed by atoms with Gasteiger partial charge < -0.3 is 9.80 Å². The first-order chi connectivity index (χ1) is 12.2. The van der Waals surface area contributed by atoms with Crippen molar-refractivity contribution in [3.8, 4) is 0 Å². The van der Waals surface area contributed by atoms with Crippen molar-refractivity contribution in [2.45, 2.75) is 25.8 Å². The minimum absolute atomic E-state index is 0.254. The second kappa shape index (κ2) is 6.85. The number of rotatable bonds is 3. The monoisotopic (exact) mass is 333 g/mol. The van der Waals surface area contributed by atoms with Gasteiger partial charge in [0.05, 0.1) is 13.1 Å². The minimum atomic E-state index is 0.254. The van der Waals surface area contributed by atoms with E-state index >= 15 is 0 Å². The molecule has 0 saturated heterocycles. The Morgan fingerprint density at radius 3 is 2.64 bits per heavy atom. The quantitative estimate of drug-likeness (QED) is 0.916. The molecule has 2 atom stereocenters. The maximum atomic E-state index is 12.9. The van der Waals surface area contributed by atoms with E-state index in [4.69, 9.17) is 0 Å². The van der Waals surface area contributed by atoms with E-state index in [2.05, 4.69) is 61.5 Å². The molecule has 1 N–H and O–H groups in total. The first-order valence-corrected chi connectivity index (χ1v) is 9.20. The van der Waals surface area contributed by atoms with Crippen LogP contribution in [0.5, 0.6) is 0 Å². The normalized spacial score (nSPS) is 22.4. The lowest BCUT2D eigenvalue weighted by Crippen LogP contribution is -3.13. The summed E-state index contributed by atoms with van der Waals surface area (Å²) >= 11 is 0. The predicted octanol–water partition coefficient (Wildman–Crippen LogP) is 2.34. The molecular weight excluding hydrogens is 308 g/mol. The number of benzene rings is 2. The number of quaternary nitrogens is 1. The van der Waals surface area contributed by atoms with Gasteiger partial charge in [0.2, 0.25) is 0 Å². The minimum Gasteiger partial charge on any atom is -0.324 e. The maximum Gasteiger partial charge on any atom is 0.282 e. The Balaban J connectivity index is 1.42. The van der Waals surface area contributed by atoms with Crippen molar-refractivity contribution in [3.05, 3.63) is 71.8 Å². The number of carbonyl (C=O) groups excluding carboxylic acids is 1. The van der Waals surface area contributed by atoms with Gasteiger partial charge in [0.25, 0.3) is 5.91 Å². The molecule has 0 spiro atoms. The zero-order chi connectivity index (χ0) is 17.2. The average molecular weight is 333 g/mol. The number of anilines is 1. The Labute approximate surface area is 149 Å². The van der Waals surface area contributed by atoms with Gasteiger partial charge in [-0.2, -0.15) is 0 Å². The van der Waals surface area contributed by atoms with Gasteiger partial charge in [0.1, 0.15) is 0 Å². The Morgan fingerprint density at radius 1 is 1.12 bits per heavy atom. The number of amides is 1. The van der Waals surface area contributed by atoms with Crippen LogP contribution < -0.4 is 9.80 Å². The van der Waals surface area contributed by atoms with Gasteiger partial charge in [-0.1, -0.05) is 48.5 Å². The molecule has 0 fully saturated rings. The van der Waals surface area contributed by atoms with Crippen LogP contribution in [0.2, 0.25) is 0 Å². The maximum absolute atomic E-state index is 12.9. The zero-order valence-electron chi connectivity index (χ0n) is 14.7. The second-order valence-electron chi connectivity index (χ2n) is 7.17. The number of fused-ring (bicyclic) bond motifs is 1. The van der Waals surface area contributed by atoms with E-state index < -0.39 is 0 Å². The molecule has 4 rings (SSSR count). The fourth-order valence-corrected chi connectivity index (χ4v) is 4.10. The fourth-order valence-electron chi connectivity index (χ4n) is 4.10. The average Bonchev–Trinajstić information content (AvgIpc) is 2.99. The molecule has 0 aliphatic carbocycles. The molecule has 25 heavy (non-hydrogen) atoms. The highest BCUT2D eigenvalue weighted by molar-refractivity contribution is 5.96. The van der Waals surface area contributed by atoms with E-state index in [1.165, 1.54) is 21.6 Å². The van der Waals surface area contributed by atoms with Crippen LogP contribution in [-0.4, -0.2) is 31.6 Å². The largest absolute Gasteiger partial charge is 0.324 e. The summed E-state index contributed by atoms with van der Waals surface area (Å²) in [6, 6.07) is 19.1. The molecule has 2 aliphatic heterocycles. The van der Waals surface area contributed by atoms with Crippen molar-refractivity contribution >= 4 is 17.2 Å². The van der Waals surface area contributed by atoms with Crippen LogP contribution >= 0.6 is 0 Å². The van der Waals surface area contributed by atoms with Crippen molar-refractivity contribution in [2.24, 2.45) is 0 Å². The van der Waals surface area contributed by atoms with Crippen LogP contribution in [0.4, 0.5) is 5.69 Å². The van der Waals surface area contributed by atoms with Crippen LogP contribution in [0.1, 0.15) is 24.5 Å². The highest BCUT2D eigenvalue weighted by atomic mass is 16.2. The van der Waals surface area contributed by atoms with Gasteiger partial charge >= 0.3 is 0 Å². The highest BCUT2D eigenvalue weighted by Crippen LogP contribution is 2.31. The highest BCUT2D eigenvalue weighted by Gasteiger charge is 2.32. The third-order valence-corrected chi connectivity index (χ3v) is 5.41. The summed E-state index contributed by atoms with van der Waals surface area (Å²) in [6.07, 6.45) is 4.32. The van der Waals surface area contributed by atoms with Crippen molar-refractivity contribution in [1.29, 1.82) is 0 Å². The van der Waals surface area contributed by atoms with Crippen LogP contribution in [0, 0.1) is 0 Å². The van der Waals surface area contributed by atoms with E-state index in [9.17, 15) is 4.79 Å². The van der Waals surface area contributed by atoms with Crippen LogP contribution in [0.25, 0.3) is 5.57 Å². The van der Waals surface area contributed by atoms with Crippen molar-refractivity contribution < 1.29 is 9.69 Å². The van der Waals surface area contributed by atoms with E-state index in [1.54, 1.807) is 0 Å². The topological polar surface area (TPSA) is 24.8 Å². The van der Waals surface area contributed by atoms with Crippen LogP contribution in [0.15, 0.2) is 60.7 Å². The Bertz CT molecular complexity index is 797. The number of hydrogen-bond donors (Lipinski definition) is 1. The molecule has 0 bridgehead atoms. The third kappa shape index (κ3) is 3.24. The van der Waals surface area contributed by atoms with E-state index in [1.807, 2.05) is 11.0 Å². The molecule has 1 amide bonds. The standard InChI is InChI=1S/C22H24N2O/c1-17-15-20-9-5-6-10-21(20)24(17)22(25)16-23-13-11-19(12-14-23)18-7-3-2-4-8-18/h2-11,17H,12-16H2,1H3/p+1/t17-/m1/s1. The number of nitrogens with zero attached hydrogens (tertiary/aromatic N) is 1. The molecular formula is C22H25N2O+. The zero-order valence-corrected chi connectivity index (χ0v) is 14.7. The molecule has 128 valence electrons. The summed E-state index contributed by atoms with van der Waals surface area (Å²) in [6.45, 7) is 4.68. The summed E-state index contributed by atoms with van der Waals surface area (Å²) in [5.41, 5.74) is 5.13. The summed E-state index contributed by atoms with van der Waals surface area (Å²) in [4.78, 5) is 16.3. The second-order valence-corrected chi connectivity index (χ2v) is 7.17. The summed E-state index contributed by atoms with van der Waals surface area (Å²) in [5, 5.41) is 0. The summed E-state index contributed by atoms with van der Waals surface area (Å²) < 4.78 is 0. The molecule has 1 unspecified atom stereocenters. The van der Waals surface area contributed by atoms with Gasteiger partial charge in [0, 0.05) is 18.2 Å². The first kappa shape index (κ1) is 16.1. The van der Waals surface area contributed by atoms with Gasteiger partial charge in [-0.25, -0.2) is 0 Å². The van der Waals surface area contributed by atoms with Crippen LogP contribution in [0.3, 0.4) is 0 Å². The number of carbonyl (C=O) groups is 1. The third-order valence-electron chi connectivity index (χ3n) is 5.41. The van der Waals surface area contributed by atoms with Gasteiger partial charge in [-0.15, -0.1) is 0 Å². The molecule has 2 aromatic carbocycles. The Kier molecular flexibility index (Phi) is 4.41. The Morgan fingerprint density at radius 2 is 1.88 bits per heavy atom. The summed E-state index contributed by atoms with van der Waals surface area (Å²) in [7, 11) is 0. The molecule has 2 heterocycles. The Hall–Kier alpha value is -2.39. The molecule has 2 aromatic rings. The summed E-state index contributed by atoms with van der Waals surface area (Å²) in [5.74, 6) is 0.254. The van der Waals surface area contributed by atoms with Gasteiger partial charge in [0.15, 0.2) is 6.54 Å². The van der Waals surface area contributed by atoms with E-state index in [0.717, 1.165) is 31.6 Å². The SMILES string of the molecule is C[C@@H]1Cc2ccccc2N1C(=O)C[NH+]1CC=C(c2ccccc2)CC1. The van der Waals surface area contributed by atoms with Gasteiger partial charge in [-0.05, 0) is 42.2 Å². The van der Waals surface area contributed by atoms with E-state index in [0.29, 0.717) is 6.54 Å². The molecule has 2 aliphatic rings. The molecule has 0 aromatic heterocycles. The number of hydrogen-bond acceptors (Lipinski definition) is 1. The lowest BCUT2D eigenvalue weighted by atomic mass is 9.99. The first-order valence-electron chi connectivity index (χ1n) is 9.20. The number of para-hydroxylation sites is 1. The van der Waals surface area contributed by atoms with E-state index in [-0.39, 0.29) is 11.9 Å². The van der Waals surface area contributed by atoms with Crippen molar-refractivity contribution in [1.82, 2.24) is 0 Å².